The highest BCUT2D eigenvalue weighted by Crippen LogP contribution is 2.27. The lowest BCUT2D eigenvalue weighted by atomic mass is 10.1. The highest BCUT2D eigenvalue weighted by atomic mass is 16.3. The fourth-order valence-electron chi connectivity index (χ4n) is 3.00. The molecule has 2 aromatic carbocycles. The van der Waals surface area contributed by atoms with Crippen LogP contribution in [0, 0.1) is 13.8 Å². The number of fused-ring (bicyclic) bond motifs is 1. The van der Waals surface area contributed by atoms with Gasteiger partial charge in [0.05, 0.1) is 0 Å². The molecule has 0 aliphatic rings. The van der Waals surface area contributed by atoms with Crippen LogP contribution in [-0.4, -0.2) is 24.9 Å². The highest BCUT2D eigenvalue weighted by Gasteiger charge is 2.14. The smallest absolute Gasteiger partial charge is 0.262 e. The van der Waals surface area contributed by atoms with E-state index in [0.717, 1.165) is 16.7 Å². The molecular weight excluding hydrogens is 316 g/mol. The van der Waals surface area contributed by atoms with Crippen molar-refractivity contribution in [2.75, 3.05) is 0 Å². The van der Waals surface area contributed by atoms with Gasteiger partial charge in [0.1, 0.15) is 22.6 Å². The molecule has 0 radical (unpaired) electrons. The standard InChI is InChI=1S/C19H16N4O2/c1-11-8-12(2)16(15(24)9-11)23-10-14-18(22-23)20-17(21-19(14)25)13-6-4-3-5-7-13/h3-10,24H,1-2H3,(H,20,21,22,25). The number of hydrogen-bond acceptors (Lipinski definition) is 4. The van der Waals surface area contributed by atoms with E-state index in [9.17, 15) is 9.90 Å². The number of hydrogen-bond donors (Lipinski definition) is 2. The molecule has 4 rings (SSSR count). The van der Waals surface area contributed by atoms with Crippen LogP contribution in [0.25, 0.3) is 28.1 Å². The zero-order valence-corrected chi connectivity index (χ0v) is 13.8. The Kier molecular flexibility index (Phi) is 3.39. The molecule has 6 heteroatoms. The van der Waals surface area contributed by atoms with Crippen molar-refractivity contribution in [1.82, 2.24) is 19.7 Å². The number of benzene rings is 2. The van der Waals surface area contributed by atoms with Crippen molar-refractivity contribution >= 4 is 11.0 Å². The average molecular weight is 332 g/mol. The summed E-state index contributed by atoms with van der Waals surface area (Å²) in [6.45, 7) is 3.80. The van der Waals surface area contributed by atoms with Gasteiger partial charge in [-0.05, 0) is 31.0 Å². The van der Waals surface area contributed by atoms with Crippen molar-refractivity contribution in [1.29, 1.82) is 0 Å². The molecule has 0 saturated heterocycles. The first kappa shape index (κ1) is 15.1. The van der Waals surface area contributed by atoms with E-state index in [0.29, 0.717) is 22.5 Å². The quantitative estimate of drug-likeness (QED) is 0.591. The molecule has 0 fully saturated rings. The molecule has 0 saturated carbocycles. The molecule has 6 nitrogen and oxygen atoms in total. The fraction of sp³-hybridized carbons (Fsp3) is 0.105. The second kappa shape index (κ2) is 5.59. The molecule has 0 atom stereocenters. The summed E-state index contributed by atoms with van der Waals surface area (Å²) in [6.07, 6.45) is 1.59. The lowest BCUT2D eigenvalue weighted by Gasteiger charge is -2.09. The molecule has 4 aromatic rings. The summed E-state index contributed by atoms with van der Waals surface area (Å²) in [5, 5.41) is 15.1. The van der Waals surface area contributed by atoms with Gasteiger partial charge in [-0.25, -0.2) is 9.67 Å². The lowest BCUT2D eigenvalue weighted by molar-refractivity contribution is 0.469. The van der Waals surface area contributed by atoms with Crippen molar-refractivity contribution in [2.45, 2.75) is 13.8 Å². The van der Waals surface area contributed by atoms with Crippen molar-refractivity contribution in [2.24, 2.45) is 0 Å². The zero-order valence-electron chi connectivity index (χ0n) is 13.8. The van der Waals surface area contributed by atoms with Gasteiger partial charge in [0.15, 0.2) is 5.65 Å². The molecule has 0 aliphatic heterocycles. The number of aryl methyl sites for hydroxylation is 2. The summed E-state index contributed by atoms with van der Waals surface area (Å²) in [6, 6.07) is 13.0. The maximum Gasteiger partial charge on any atom is 0.262 e. The van der Waals surface area contributed by atoms with Crippen LogP contribution in [0.5, 0.6) is 5.75 Å². The van der Waals surface area contributed by atoms with E-state index in [4.69, 9.17) is 0 Å². The van der Waals surface area contributed by atoms with Gasteiger partial charge in [-0.1, -0.05) is 36.4 Å². The van der Waals surface area contributed by atoms with Gasteiger partial charge in [0.2, 0.25) is 0 Å². The van der Waals surface area contributed by atoms with Crippen molar-refractivity contribution in [3.05, 3.63) is 70.1 Å². The van der Waals surface area contributed by atoms with E-state index in [1.54, 1.807) is 12.3 Å². The van der Waals surface area contributed by atoms with Gasteiger partial charge in [-0.2, -0.15) is 0 Å². The first-order chi connectivity index (χ1) is 12.0. The van der Waals surface area contributed by atoms with E-state index >= 15 is 0 Å². The molecule has 0 aliphatic carbocycles. The minimum Gasteiger partial charge on any atom is -0.506 e. The van der Waals surface area contributed by atoms with Gasteiger partial charge in [0, 0.05) is 11.8 Å². The lowest BCUT2D eigenvalue weighted by Crippen LogP contribution is -2.08. The number of phenolic OH excluding ortho intramolecular Hbond substituents is 1. The number of nitrogens with one attached hydrogen (secondary N) is 1. The maximum atomic E-state index is 12.4. The molecule has 124 valence electrons. The van der Waals surface area contributed by atoms with E-state index in [2.05, 4.69) is 15.1 Å². The maximum absolute atomic E-state index is 12.4. The molecule has 2 N–H and O–H groups in total. The first-order valence-electron chi connectivity index (χ1n) is 7.88. The normalized spacial score (nSPS) is 11.1. The van der Waals surface area contributed by atoms with Crippen LogP contribution >= 0.6 is 0 Å². The third-order valence-electron chi connectivity index (χ3n) is 4.09. The van der Waals surface area contributed by atoms with Crippen LogP contribution in [0.3, 0.4) is 0 Å². The number of H-pyrrole nitrogens is 1. The summed E-state index contributed by atoms with van der Waals surface area (Å²) >= 11 is 0. The Morgan fingerprint density at radius 1 is 1.12 bits per heavy atom. The number of phenols is 1. The summed E-state index contributed by atoms with van der Waals surface area (Å²) in [5.41, 5.74) is 3.25. The summed E-state index contributed by atoms with van der Waals surface area (Å²) in [7, 11) is 0. The number of aromatic amines is 1. The van der Waals surface area contributed by atoms with Crippen molar-refractivity contribution < 1.29 is 5.11 Å². The van der Waals surface area contributed by atoms with Gasteiger partial charge in [-0.3, -0.25) is 4.79 Å². The van der Waals surface area contributed by atoms with Gasteiger partial charge in [0.25, 0.3) is 5.56 Å². The number of rotatable bonds is 2. The first-order valence-corrected chi connectivity index (χ1v) is 7.88. The zero-order chi connectivity index (χ0) is 17.6. The van der Waals surface area contributed by atoms with Crippen molar-refractivity contribution in [3.8, 4) is 22.8 Å². The highest BCUT2D eigenvalue weighted by molar-refractivity contribution is 5.76. The monoisotopic (exact) mass is 332 g/mol. The topological polar surface area (TPSA) is 83.8 Å². The third kappa shape index (κ3) is 2.57. The van der Waals surface area contributed by atoms with Crippen LogP contribution in [0.15, 0.2) is 53.5 Å². The summed E-state index contributed by atoms with van der Waals surface area (Å²) in [4.78, 5) is 19.7. The SMILES string of the molecule is Cc1cc(C)c(-n2cc3c(=O)[nH]c(-c4ccccc4)nc3n2)c(O)c1. The van der Waals surface area contributed by atoms with Gasteiger partial charge >= 0.3 is 0 Å². The van der Waals surface area contributed by atoms with Crippen LogP contribution in [0.1, 0.15) is 11.1 Å². The van der Waals surface area contributed by atoms with Crippen LogP contribution in [0.4, 0.5) is 0 Å². The Morgan fingerprint density at radius 3 is 2.60 bits per heavy atom. The molecule has 0 bridgehead atoms. The van der Waals surface area contributed by atoms with E-state index in [1.165, 1.54) is 4.68 Å². The number of aromatic nitrogens is 4. The number of aromatic hydroxyl groups is 1. The van der Waals surface area contributed by atoms with Crippen LogP contribution in [-0.2, 0) is 0 Å². The predicted octanol–water partition coefficient (Wildman–Crippen LogP) is 3.10. The molecule has 0 amide bonds. The Labute approximate surface area is 143 Å². The van der Waals surface area contributed by atoms with E-state index in [-0.39, 0.29) is 11.3 Å². The summed E-state index contributed by atoms with van der Waals surface area (Å²) < 4.78 is 1.51. The molecule has 0 unspecified atom stereocenters. The summed E-state index contributed by atoms with van der Waals surface area (Å²) in [5.74, 6) is 0.582. The Hall–Kier alpha value is -3.41. The Morgan fingerprint density at radius 2 is 1.88 bits per heavy atom. The predicted molar refractivity (Wildman–Crippen MR) is 96.1 cm³/mol. The van der Waals surface area contributed by atoms with Gasteiger partial charge in [-0.15, -0.1) is 5.10 Å². The average Bonchev–Trinajstić information content (AvgIpc) is 2.99. The Bertz CT molecular complexity index is 1120. The Balaban J connectivity index is 1.92. The fourth-order valence-corrected chi connectivity index (χ4v) is 3.00. The number of nitrogens with zero attached hydrogens (tertiary/aromatic N) is 3. The molecular formula is C19H16N4O2. The second-order valence-electron chi connectivity index (χ2n) is 6.04. The van der Waals surface area contributed by atoms with Gasteiger partial charge < -0.3 is 10.1 Å². The molecule has 25 heavy (non-hydrogen) atoms. The molecule has 2 heterocycles. The molecule has 0 spiro atoms. The largest absolute Gasteiger partial charge is 0.506 e. The van der Waals surface area contributed by atoms with Crippen molar-refractivity contribution in [3.63, 3.8) is 0 Å². The minimum absolute atomic E-state index is 0.116. The second-order valence-corrected chi connectivity index (χ2v) is 6.04. The van der Waals surface area contributed by atoms with Crippen LogP contribution < -0.4 is 5.56 Å². The van der Waals surface area contributed by atoms with Crippen LogP contribution in [0.2, 0.25) is 0 Å². The molecule has 2 aromatic heterocycles. The minimum atomic E-state index is -0.264. The van der Waals surface area contributed by atoms with E-state index < -0.39 is 0 Å². The third-order valence-corrected chi connectivity index (χ3v) is 4.09. The van der Waals surface area contributed by atoms with E-state index in [1.807, 2.05) is 50.2 Å².